The van der Waals surface area contributed by atoms with Gasteiger partial charge in [-0.15, -0.1) is 0 Å². The number of fused-ring (bicyclic) bond motifs is 2. The molecule has 0 saturated carbocycles. The molecule has 3 rings (SSSR count). The average molecular weight is 424 g/mol. The van der Waals surface area contributed by atoms with E-state index in [0.29, 0.717) is 38.3 Å². The topological polar surface area (TPSA) is 87.2 Å². The molecule has 0 aliphatic carbocycles. The zero-order chi connectivity index (χ0) is 19.7. The monoisotopic (exact) mass is 423 g/mol. The molecule has 158 valence electrons. The van der Waals surface area contributed by atoms with Gasteiger partial charge in [-0.05, 0) is 25.7 Å². The van der Waals surface area contributed by atoms with Crippen LogP contribution in [0.25, 0.3) is 0 Å². The second kappa shape index (κ2) is 8.62. The van der Waals surface area contributed by atoms with Crippen LogP contribution < -0.4 is 0 Å². The normalized spacial score (nSPS) is 29.9. The zero-order valence-electron chi connectivity index (χ0n) is 16.4. The van der Waals surface area contributed by atoms with E-state index in [1.165, 1.54) is 36.4 Å². The first kappa shape index (κ1) is 21.4. The molecule has 0 spiro atoms. The standard InChI is InChI=1S/C17H33N3O5S2/c1-25-17(13-20-15-4-3-5-16(20)7-6-15)12-18-8-10-19(11-9-18)27(23,24)14-26(2,21)22/h15-17H,3-14H2,1-2H3/t15-,16+,17?. The van der Waals surface area contributed by atoms with Gasteiger partial charge in [0.25, 0.3) is 0 Å². The van der Waals surface area contributed by atoms with Crippen LogP contribution in [-0.4, -0.2) is 107 Å². The van der Waals surface area contributed by atoms with Crippen molar-refractivity contribution in [3.8, 4) is 0 Å². The third kappa shape index (κ3) is 5.63. The lowest BCUT2D eigenvalue weighted by atomic mass is 10.0. The van der Waals surface area contributed by atoms with Gasteiger partial charge < -0.3 is 4.74 Å². The highest BCUT2D eigenvalue weighted by Crippen LogP contribution is 2.35. The Morgan fingerprint density at radius 1 is 0.926 bits per heavy atom. The lowest BCUT2D eigenvalue weighted by Crippen LogP contribution is -2.53. The summed E-state index contributed by atoms with van der Waals surface area (Å²) in [5.74, 6) is 0. The van der Waals surface area contributed by atoms with Crippen molar-refractivity contribution < 1.29 is 21.6 Å². The fourth-order valence-electron chi connectivity index (χ4n) is 4.79. The first-order chi connectivity index (χ1) is 12.7. The molecular formula is C17H33N3O5S2. The van der Waals surface area contributed by atoms with E-state index in [1.807, 2.05) is 0 Å². The van der Waals surface area contributed by atoms with Crippen LogP contribution in [-0.2, 0) is 24.6 Å². The van der Waals surface area contributed by atoms with Crippen LogP contribution in [0.3, 0.4) is 0 Å². The number of nitrogens with zero attached hydrogens (tertiary/aromatic N) is 3. The minimum Gasteiger partial charge on any atom is -0.379 e. The first-order valence-electron chi connectivity index (χ1n) is 9.84. The molecule has 0 radical (unpaired) electrons. The van der Waals surface area contributed by atoms with Crippen molar-refractivity contribution in [3.05, 3.63) is 0 Å². The number of sulfone groups is 1. The van der Waals surface area contributed by atoms with Crippen molar-refractivity contribution in [1.29, 1.82) is 0 Å². The predicted molar refractivity (Wildman–Crippen MR) is 105 cm³/mol. The fraction of sp³-hybridized carbons (Fsp3) is 1.00. The van der Waals surface area contributed by atoms with E-state index in [0.717, 1.165) is 19.3 Å². The van der Waals surface area contributed by atoms with Gasteiger partial charge in [-0.2, -0.15) is 4.31 Å². The summed E-state index contributed by atoms with van der Waals surface area (Å²) < 4.78 is 54.2. The highest BCUT2D eigenvalue weighted by Gasteiger charge is 2.38. The maximum atomic E-state index is 12.2. The van der Waals surface area contributed by atoms with Crippen molar-refractivity contribution in [2.24, 2.45) is 0 Å². The van der Waals surface area contributed by atoms with Crippen molar-refractivity contribution in [1.82, 2.24) is 14.1 Å². The maximum absolute atomic E-state index is 12.2. The van der Waals surface area contributed by atoms with E-state index in [2.05, 4.69) is 9.80 Å². The molecule has 0 aromatic rings. The SMILES string of the molecule is COC(CN1CCN(S(=O)(=O)CS(C)(=O)=O)CC1)CN1[C@@H]2CCC[C@H]1CC2. The zero-order valence-corrected chi connectivity index (χ0v) is 18.0. The van der Waals surface area contributed by atoms with E-state index < -0.39 is 24.9 Å². The summed E-state index contributed by atoms with van der Waals surface area (Å²) in [4.78, 5) is 4.86. The molecule has 0 N–H and O–H groups in total. The van der Waals surface area contributed by atoms with Crippen molar-refractivity contribution in [2.45, 2.75) is 50.3 Å². The third-order valence-corrected chi connectivity index (χ3v) is 10.2. The summed E-state index contributed by atoms with van der Waals surface area (Å²) in [5, 5.41) is -0.807. The van der Waals surface area contributed by atoms with Gasteiger partial charge >= 0.3 is 0 Å². The third-order valence-electron chi connectivity index (χ3n) is 6.14. The summed E-state index contributed by atoms with van der Waals surface area (Å²) in [5.41, 5.74) is 0. The minimum absolute atomic E-state index is 0.116. The number of ether oxygens (including phenoxy) is 1. The van der Waals surface area contributed by atoms with E-state index in [9.17, 15) is 16.8 Å². The summed E-state index contributed by atoms with van der Waals surface area (Å²) in [7, 11) is -5.55. The molecule has 10 heteroatoms. The van der Waals surface area contributed by atoms with Crippen LogP contribution >= 0.6 is 0 Å². The Hall–Kier alpha value is -0.260. The molecule has 3 heterocycles. The van der Waals surface area contributed by atoms with E-state index >= 15 is 0 Å². The Kier molecular flexibility index (Phi) is 6.85. The summed E-state index contributed by atoms with van der Waals surface area (Å²) in [6.07, 6.45) is 7.61. The second-order valence-electron chi connectivity index (χ2n) is 8.23. The Bertz CT molecular complexity index is 688. The number of sulfonamides is 1. The molecule has 3 fully saturated rings. The molecule has 3 atom stereocenters. The Labute approximate surface area is 163 Å². The van der Waals surface area contributed by atoms with Crippen molar-refractivity contribution in [3.63, 3.8) is 0 Å². The molecule has 1 unspecified atom stereocenters. The summed E-state index contributed by atoms with van der Waals surface area (Å²) in [6, 6.07) is 1.42. The van der Waals surface area contributed by atoms with Gasteiger partial charge in [0, 0.05) is 64.7 Å². The van der Waals surface area contributed by atoms with Crippen molar-refractivity contribution >= 4 is 19.9 Å². The highest BCUT2D eigenvalue weighted by molar-refractivity contribution is 8.06. The first-order valence-corrected chi connectivity index (χ1v) is 13.5. The quantitative estimate of drug-likeness (QED) is 0.542. The molecule has 8 nitrogen and oxygen atoms in total. The molecule has 3 saturated heterocycles. The average Bonchev–Trinajstić information content (AvgIpc) is 2.79. The van der Waals surface area contributed by atoms with Gasteiger partial charge in [0.05, 0.1) is 6.10 Å². The Morgan fingerprint density at radius 2 is 1.52 bits per heavy atom. The lowest BCUT2D eigenvalue weighted by molar-refractivity contribution is 0.00697. The number of rotatable bonds is 8. The number of hydrogen-bond acceptors (Lipinski definition) is 7. The van der Waals surface area contributed by atoms with Crippen LogP contribution in [0.5, 0.6) is 0 Å². The number of hydrogen-bond donors (Lipinski definition) is 0. The smallest absolute Gasteiger partial charge is 0.228 e. The van der Waals surface area contributed by atoms with Crippen LogP contribution in [0.15, 0.2) is 0 Å². The van der Waals surface area contributed by atoms with Crippen molar-refractivity contribution in [2.75, 3.05) is 57.7 Å². The number of piperidine rings is 1. The van der Waals surface area contributed by atoms with Crippen LogP contribution in [0, 0.1) is 0 Å². The number of methoxy groups -OCH3 is 1. The van der Waals surface area contributed by atoms with Gasteiger partial charge in [-0.25, -0.2) is 16.8 Å². The highest BCUT2D eigenvalue weighted by atomic mass is 32.3. The van der Waals surface area contributed by atoms with Gasteiger partial charge in [-0.3, -0.25) is 9.80 Å². The lowest BCUT2D eigenvalue weighted by Gasteiger charge is -2.39. The largest absolute Gasteiger partial charge is 0.379 e. The molecular weight excluding hydrogens is 390 g/mol. The molecule has 3 aliphatic rings. The van der Waals surface area contributed by atoms with Crippen LogP contribution in [0.4, 0.5) is 0 Å². The fourth-order valence-corrected chi connectivity index (χ4v) is 8.27. The van der Waals surface area contributed by atoms with Crippen LogP contribution in [0.1, 0.15) is 32.1 Å². The molecule has 0 aromatic carbocycles. The van der Waals surface area contributed by atoms with Gasteiger partial charge in [0.1, 0.15) is 0 Å². The molecule has 27 heavy (non-hydrogen) atoms. The van der Waals surface area contributed by atoms with E-state index in [4.69, 9.17) is 4.74 Å². The molecule has 0 amide bonds. The second-order valence-corrected chi connectivity index (χ2v) is 12.7. The van der Waals surface area contributed by atoms with Gasteiger partial charge in [0.15, 0.2) is 14.9 Å². The van der Waals surface area contributed by atoms with E-state index in [-0.39, 0.29) is 6.10 Å². The summed E-state index contributed by atoms with van der Waals surface area (Å²) >= 11 is 0. The van der Waals surface area contributed by atoms with Crippen LogP contribution in [0.2, 0.25) is 0 Å². The number of piperazine rings is 1. The molecule has 2 bridgehead atoms. The van der Waals surface area contributed by atoms with E-state index in [1.54, 1.807) is 7.11 Å². The van der Waals surface area contributed by atoms with Gasteiger partial charge in [0.2, 0.25) is 10.0 Å². The minimum atomic E-state index is -3.75. The molecule has 3 aliphatic heterocycles. The summed E-state index contributed by atoms with van der Waals surface area (Å²) in [6.45, 7) is 3.61. The maximum Gasteiger partial charge on any atom is 0.228 e. The predicted octanol–water partition coefficient (Wildman–Crippen LogP) is -0.0322. The Morgan fingerprint density at radius 3 is 2.04 bits per heavy atom. The molecule has 0 aromatic heterocycles. The van der Waals surface area contributed by atoms with Gasteiger partial charge in [-0.1, -0.05) is 6.42 Å². The Balaban J connectivity index is 1.49.